The van der Waals surface area contributed by atoms with Crippen LogP contribution in [0.3, 0.4) is 0 Å². The third-order valence-corrected chi connectivity index (χ3v) is 8.55. The van der Waals surface area contributed by atoms with E-state index in [1.54, 1.807) is 17.0 Å². The van der Waals surface area contributed by atoms with E-state index in [9.17, 15) is 18.6 Å². The van der Waals surface area contributed by atoms with E-state index >= 15 is 0 Å². The van der Waals surface area contributed by atoms with Crippen LogP contribution in [-0.4, -0.2) is 94.7 Å². The van der Waals surface area contributed by atoms with Crippen molar-refractivity contribution in [2.75, 3.05) is 56.2 Å². The van der Waals surface area contributed by atoms with Gasteiger partial charge in [0.1, 0.15) is 17.5 Å². The lowest BCUT2D eigenvalue weighted by molar-refractivity contribution is -0.139. The van der Waals surface area contributed by atoms with Gasteiger partial charge >= 0.3 is 0 Å². The molecule has 0 aromatic heterocycles. The van der Waals surface area contributed by atoms with E-state index in [0.29, 0.717) is 38.3 Å². The van der Waals surface area contributed by atoms with Crippen molar-refractivity contribution in [2.45, 2.75) is 77.3 Å². The van der Waals surface area contributed by atoms with Crippen LogP contribution in [0.4, 0.5) is 5.69 Å². The minimum atomic E-state index is -1.69. The van der Waals surface area contributed by atoms with Crippen LogP contribution in [0.25, 0.3) is 0 Å². The van der Waals surface area contributed by atoms with Gasteiger partial charge in [0.05, 0.1) is 13.2 Å². The standard InChI is InChI=1S/C29H46N4O5S/c1-3-8-26(29(36)31-24-9-5-4-6-10-24)33(16-7-15-32-17-19-38-20-18-32)28(35)22-39(37)21-27(34)30-25-13-11-23(2)12-14-25/h11-14,24,26H,3-10,15-22H2,1-2H3,(H,30,34)(H,31,36)/t26-,39+/m0/s1. The van der Waals surface area contributed by atoms with Gasteiger partial charge in [-0.3, -0.25) is 23.5 Å². The fourth-order valence-corrected chi connectivity index (χ4v) is 6.15. The molecule has 0 bridgehead atoms. The van der Waals surface area contributed by atoms with Crippen molar-refractivity contribution in [3.05, 3.63) is 29.8 Å². The summed E-state index contributed by atoms with van der Waals surface area (Å²) in [6.07, 6.45) is 7.35. The van der Waals surface area contributed by atoms with E-state index in [0.717, 1.165) is 57.3 Å². The lowest BCUT2D eigenvalue weighted by Crippen LogP contribution is -2.53. The normalized spacial score (nSPS) is 18.2. The largest absolute Gasteiger partial charge is 0.379 e. The summed E-state index contributed by atoms with van der Waals surface area (Å²) in [5, 5.41) is 5.94. The summed E-state index contributed by atoms with van der Waals surface area (Å²) in [5.41, 5.74) is 1.70. The zero-order valence-corrected chi connectivity index (χ0v) is 24.4. The molecule has 1 aromatic carbocycles. The number of ether oxygens (including phenoxy) is 1. The number of aryl methyl sites for hydroxylation is 1. The SMILES string of the molecule is CCC[C@@H](C(=O)NC1CCCCC1)N(CCCN1CCOCC1)C(=O)C[S@](=O)CC(=O)Nc1ccc(C)cc1. The Morgan fingerprint density at radius 1 is 1.08 bits per heavy atom. The molecule has 1 saturated heterocycles. The second-order valence-electron chi connectivity index (χ2n) is 10.7. The highest BCUT2D eigenvalue weighted by atomic mass is 32.2. The highest BCUT2D eigenvalue weighted by molar-refractivity contribution is 7.86. The summed E-state index contributed by atoms with van der Waals surface area (Å²) >= 11 is 0. The number of benzene rings is 1. The van der Waals surface area contributed by atoms with E-state index in [2.05, 4.69) is 15.5 Å². The lowest BCUT2D eigenvalue weighted by Gasteiger charge is -2.34. The Hall–Kier alpha value is -2.30. The molecule has 9 nitrogen and oxygen atoms in total. The first-order valence-electron chi connectivity index (χ1n) is 14.5. The van der Waals surface area contributed by atoms with Crippen LogP contribution in [0.1, 0.15) is 63.9 Å². The van der Waals surface area contributed by atoms with Gasteiger partial charge < -0.3 is 20.3 Å². The quantitative estimate of drug-likeness (QED) is 0.361. The van der Waals surface area contributed by atoms with Crippen molar-refractivity contribution in [1.82, 2.24) is 15.1 Å². The van der Waals surface area contributed by atoms with Gasteiger partial charge in [-0.2, -0.15) is 0 Å². The van der Waals surface area contributed by atoms with Crippen LogP contribution in [0.2, 0.25) is 0 Å². The van der Waals surface area contributed by atoms with E-state index in [-0.39, 0.29) is 29.4 Å². The zero-order valence-electron chi connectivity index (χ0n) is 23.6. The van der Waals surface area contributed by atoms with Gasteiger partial charge in [-0.05, 0) is 44.7 Å². The molecule has 0 spiro atoms. The highest BCUT2D eigenvalue weighted by Crippen LogP contribution is 2.19. The number of anilines is 1. The van der Waals surface area contributed by atoms with Gasteiger partial charge in [0.25, 0.3) is 0 Å². The van der Waals surface area contributed by atoms with Crippen molar-refractivity contribution < 1.29 is 23.3 Å². The molecule has 1 aliphatic heterocycles. The topological polar surface area (TPSA) is 108 Å². The van der Waals surface area contributed by atoms with Crippen molar-refractivity contribution in [3.63, 3.8) is 0 Å². The fraction of sp³-hybridized carbons (Fsp3) is 0.690. The van der Waals surface area contributed by atoms with Crippen LogP contribution >= 0.6 is 0 Å². The minimum absolute atomic E-state index is 0.119. The first-order chi connectivity index (χ1) is 18.9. The van der Waals surface area contributed by atoms with Crippen LogP contribution < -0.4 is 10.6 Å². The Labute approximate surface area is 235 Å². The summed E-state index contributed by atoms with van der Waals surface area (Å²) in [5.74, 6) is -1.41. The molecular formula is C29H46N4O5S. The summed E-state index contributed by atoms with van der Waals surface area (Å²) in [7, 11) is -1.69. The Kier molecular flexibility index (Phi) is 13.4. The van der Waals surface area contributed by atoms with Gasteiger partial charge in [0, 0.05) is 48.7 Å². The number of carbonyl (C=O) groups is 3. The van der Waals surface area contributed by atoms with Gasteiger partial charge in [0.15, 0.2) is 0 Å². The monoisotopic (exact) mass is 562 g/mol. The predicted octanol–water partition coefficient (Wildman–Crippen LogP) is 2.85. The number of nitrogens with zero attached hydrogens (tertiary/aromatic N) is 2. The van der Waals surface area contributed by atoms with Gasteiger partial charge in [-0.1, -0.05) is 50.3 Å². The lowest BCUT2D eigenvalue weighted by atomic mass is 9.95. The van der Waals surface area contributed by atoms with Crippen LogP contribution in [0, 0.1) is 6.92 Å². The third kappa shape index (κ3) is 11.0. The molecule has 3 rings (SSSR count). The highest BCUT2D eigenvalue weighted by Gasteiger charge is 2.31. The molecule has 1 heterocycles. The van der Waals surface area contributed by atoms with E-state index in [1.807, 2.05) is 26.0 Å². The van der Waals surface area contributed by atoms with Crippen LogP contribution in [-0.2, 0) is 29.9 Å². The number of rotatable bonds is 14. The Balaban J connectivity index is 1.62. The Morgan fingerprint density at radius 2 is 1.77 bits per heavy atom. The molecular weight excluding hydrogens is 516 g/mol. The van der Waals surface area contributed by atoms with Crippen LogP contribution in [0.5, 0.6) is 0 Å². The number of hydrogen-bond acceptors (Lipinski definition) is 6. The third-order valence-electron chi connectivity index (χ3n) is 7.40. The summed E-state index contributed by atoms with van der Waals surface area (Å²) in [4.78, 5) is 43.3. The second-order valence-corrected chi connectivity index (χ2v) is 12.1. The van der Waals surface area contributed by atoms with E-state index in [4.69, 9.17) is 4.74 Å². The number of hydrogen-bond donors (Lipinski definition) is 2. The number of amides is 3. The molecule has 0 radical (unpaired) electrons. The minimum Gasteiger partial charge on any atom is -0.379 e. The predicted molar refractivity (Wildman–Crippen MR) is 155 cm³/mol. The van der Waals surface area contributed by atoms with Gasteiger partial charge in [-0.25, -0.2) is 0 Å². The molecule has 2 N–H and O–H groups in total. The van der Waals surface area contributed by atoms with E-state index in [1.165, 1.54) is 6.42 Å². The molecule has 2 fully saturated rings. The zero-order chi connectivity index (χ0) is 28.0. The maximum atomic E-state index is 13.5. The molecule has 2 aliphatic rings. The number of carbonyl (C=O) groups excluding carboxylic acids is 3. The van der Waals surface area contributed by atoms with Crippen molar-refractivity contribution in [2.24, 2.45) is 0 Å². The molecule has 3 amide bonds. The molecule has 1 aromatic rings. The maximum Gasteiger partial charge on any atom is 0.243 e. The smallest absolute Gasteiger partial charge is 0.243 e. The number of nitrogens with one attached hydrogen (secondary N) is 2. The second kappa shape index (κ2) is 16.7. The Bertz CT molecular complexity index is 946. The average molecular weight is 563 g/mol. The van der Waals surface area contributed by atoms with E-state index < -0.39 is 22.7 Å². The molecule has 218 valence electrons. The van der Waals surface area contributed by atoms with Gasteiger partial charge in [-0.15, -0.1) is 0 Å². The summed E-state index contributed by atoms with van der Waals surface area (Å²) < 4.78 is 18.3. The van der Waals surface area contributed by atoms with Gasteiger partial charge in [0.2, 0.25) is 17.7 Å². The molecule has 1 saturated carbocycles. The molecule has 10 heteroatoms. The van der Waals surface area contributed by atoms with Crippen molar-refractivity contribution >= 4 is 34.2 Å². The molecule has 0 unspecified atom stereocenters. The fourth-order valence-electron chi connectivity index (χ4n) is 5.24. The first kappa shape index (κ1) is 31.2. The summed E-state index contributed by atoms with van der Waals surface area (Å²) in [6.45, 7) is 8.29. The molecule has 39 heavy (non-hydrogen) atoms. The Morgan fingerprint density at radius 3 is 2.44 bits per heavy atom. The first-order valence-corrected chi connectivity index (χ1v) is 16.0. The summed E-state index contributed by atoms with van der Waals surface area (Å²) in [6, 6.07) is 6.90. The van der Waals surface area contributed by atoms with Crippen molar-refractivity contribution in [3.8, 4) is 0 Å². The maximum absolute atomic E-state index is 13.5. The van der Waals surface area contributed by atoms with Crippen molar-refractivity contribution in [1.29, 1.82) is 0 Å². The van der Waals surface area contributed by atoms with Crippen LogP contribution in [0.15, 0.2) is 24.3 Å². The average Bonchev–Trinajstić information content (AvgIpc) is 2.92. The number of morpholine rings is 1. The molecule has 2 atom stereocenters. The molecule has 1 aliphatic carbocycles.